The Labute approximate surface area is 241 Å². The van der Waals surface area contributed by atoms with Crippen molar-refractivity contribution in [2.75, 3.05) is 24.3 Å². The largest absolute Gasteiger partial charge is 0.480 e. The van der Waals surface area contributed by atoms with Crippen LogP contribution in [0.25, 0.3) is 0 Å². The van der Waals surface area contributed by atoms with Crippen LogP contribution < -0.4 is 0 Å². The van der Waals surface area contributed by atoms with Crippen LogP contribution in [0.2, 0.25) is 0 Å². The van der Waals surface area contributed by atoms with Gasteiger partial charge in [-0.15, -0.1) is 11.8 Å². The van der Waals surface area contributed by atoms with Crippen LogP contribution in [0.4, 0.5) is 0 Å². The van der Waals surface area contributed by atoms with Gasteiger partial charge >= 0.3 is 13.6 Å². The van der Waals surface area contributed by atoms with Gasteiger partial charge in [0.25, 0.3) is 0 Å². The quantitative estimate of drug-likeness (QED) is 0.0869. The summed E-state index contributed by atoms with van der Waals surface area (Å²) in [6.07, 6.45) is 15.7. The Hall–Kier alpha value is -0.460. The minimum Gasteiger partial charge on any atom is -0.480 e. The summed E-state index contributed by atoms with van der Waals surface area (Å²) < 4.78 is 17.5. The minimum atomic E-state index is -3.94. The summed E-state index contributed by atoms with van der Waals surface area (Å²) in [4.78, 5) is 22.1. The van der Waals surface area contributed by atoms with Crippen LogP contribution >= 0.6 is 31.1 Å². The summed E-state index contributed by atoms with van der Waals surface area (Å²) in [6, 6.07) is 10.3. The number of aliphatic carboxylic acids is 1. The molecule has 0 heterocycles. The first kappa shape index (κ1) is 35.6. The number of carboxylic acids is 1. The first-order valence-corrected chi connectivity index (χ1v) is 18.7. The van der Waals surface area contributed by atoms with Gasteiger partial charge in [0.05, 0.1) is 12.8 Å². The molecule has 1 aromatic rings. The van der Waals surface area contributed by atoms with Gasteiger partial charge in [0, 0.05) is 16.9 Å². The van der Waals surface area contributed by atoms with Crippen LogP contribution in [-0.4, -0.2) is 50.7 Å². The fraction of sp³-hybridized carbons (Fsp3) is 0.767. The van der Waals surface area contributed by atoms with Gasteiger partial charge in [-0.25, -0.2) is 0 Å². The third-order valence-corrected chi connectivity index (χ3v) is 11.2. The fourth-order valence-electron chi connectivity index (χ4n) is 4.55. The summed E-state index contributed by atoms with van der Waals surface area (Å²) in [5, 5.41) is 9.21. The van der Waals surface area contributed by atoms with Gasteiger partial charge in [-0.1, -0.05) is 115 Å². The van der Waals surface area contributed by atoms with E-state index in [0.29, 0.717) is 17.4 Å². The average Bonchev–Trinajstić information content (AvgIpc) is 2.90. The highest BCUT2D eigenvalue weighted by molar-refractivity contribution is 8.01. The summed E-state index contributed by atoms with van der Waals surface area (Å²) in [7, 11) is -3.94. The smallest absolute Gasteiger partial charge is 0.329 e. The second-order valence-electron chi connectivity index (χ2n) is 10.2. The van der Waals surface area contributed by atoms with Gasteiger partial charge in [0.15, 0.2) is 0 Å². The Kier molecular flexibility index (Phi) is 20.8. The molecule has 4 atom stereocenters. The molecule has 0 amide bonds. The van der Waals surface area contributed by atoms with Crippen molar-refractivity contribution in [1.82, 2.24) is 0 Å². The maximum Gasteiger partial charge on any atom is 0.329 e. The molecule has 0 spiro atoms. The highest BCUT2D eigenvalue weighted by Gasteiger charge is 2.32. The number of hydrogen-bond acceptors (Lipinski definition) is 5. The van der Waals surface area contributed by atoms with E-state index >= 15 is 0 Å². The zero-order valence-corrected chi connectivity index (χ0v) is 26.5. The van der Waals surface area contributed by atoms with Crippen LogP contribution in [0.15, 0.2) is 30.3 Å². The van der Waals surface area contributed by atoms with Gasteiger partial charge < -0.3 is 14.5 Å². The van der Waals surface area contributed by atoms with Crippen LogP contribution in [0.1, 0.15) is 116 Å². The first-order chi connectivity index (χ1) is 18.3. The number of unbranched alkanes of at least 4 members (excludes halogenated alkanes) is 9. The standard InChI is InChI=1S/C30H53O5PS2/c1-4-7-8-9-10-11-12-13-14-18-23-37-28(19-5-2)27(26-20-16-15-17-21-26)25-38-29(30(31)32)24-36(33,34)35-22-6-3/h15-17,20-21,27-29H,4-14,18-19,22-25H2,1-3H3,(H,31,32)(H,33,34). The molecular formula is C30H53O5PS2. The van der Waals surface area contributed by atoms with E-state index in [9.17, 15) is 19.4 Å². The molecule has 0 aliphatic rings. The second kappa shape index (κ2) is 22.3. The maximum atomic E-state index is 12.4. The van der Waals surface area contributed by atoms with Crippen molar-refractivity contribution in [3.63, 3.8) is 0 Å². The Bertz CT molecular complexity index is 764. The van der Waals surface area contributed by atoms with E-state index in [2.05, 4.69) is 26.0 Å². The molecule has 1 rings (SSSR count). The maximum absolute atomic E-state index is 12.4. The number of carboxylic acid groups (broad SMARTS) is 1. The predicted octanol–water partition coefficient (Wildman–Crippen LogP) is 9.39. The van der Waals surface area contributed by atoms with Gasteiger partial charge in [-0.05, 0) is 30.6 Å². The SMILES string of the molecule is CCCCCCCCCCCCSC(CCC)C(CSC(CP(=O)(O)OCCC)C(=O)O)c1ccccc1. The van der Waals surface area contributed by atoms with Gasteiger partial charge in [-0.2, -0.15) is 11.8 Å². The van der Waals surface area contributed by atoms with E-state index in [1.165, 1.54) is 81.5 Å². The van der Waals surface area contributed by atoms with Crippen LogP contribution in [-0.2, 0) is 13.9 Å². The van der Waals surface area contributed by atoms with Crippen molar-refractivity contribution < 1.29 is 23.9 Å². The monoisotopic (exact) mass is 588 g/mol. The molecule has 4 unspecified atom stereocenters. The third kappa shape index (κ3) is 16.6. The molecule has 38 heavy (non-hydrogen) atoms. The van der Waals surface area contributed by atoms with E-state index in [1.54, 1.807) is 0 Å². The second-order valence-corrected chi connectivity index (χ2v) is 14.7. The van der Waals surface area contributed by atoms with E-state index in [0.717, 1.165) is 18.6 Å². The Morgan fingerprint density at radius 1 is 0.868 bits per heavy atom. The van der Waals surface area contributed by atoms with Crippen LogP contribution in [0.5, 0.6) is 0 Å². The van der Waals surface area contributed by atoms with E-state index < -0.39 is 18.8 Å². The zero-order valence-electron chi connectivity index (χ0n) is 24.0. The normalized spacial score (nSPS) is 15.6. The molecule has 0 radical (unpaired) electrons. The average molecular weight is 589 g/mol. The number of carbonyl (C=O) groups is 1. The summed E-state index contributed by atoms with van der Waals surface area (Å²) in [5.41, 5.74) is 1.22. The van der Waals surface area contributed by atoms with Crippen molar-refractivity contribution in [3.05, 3.63) is 35.9 Å². The summed E-state index contributed by atoms with van der Waals surface area (Å²) >= 11 is 3.30. The Morgan fingerprint density at radius 3 is 2.03 bits per heavy atom. The molecule has 1 aromatic carbocycles. The summed E-state index contributed by atoms with van der Waals surface area (Å²) in [6.45, 7) is 6.48. The van der Waals surface area contributed by atoms with Gasteiger partial charge in [-0.3, -0.25) is 9.36 Å². The molecule has 0 aliphatic heterocycles. The van der Waals surface area contributed by atoms with Crippen molar-refractivity contribution in [3.8, 4) is 0 Å². The van der Waals surface area contributed by atoms with Crippen LogP contribution in [0, 0.1) is 0 Å². The molecule has 0 bridgehead atoms. The highest BCUT2D eigenvalue weighted by atomic mass is 32.2. The lowest BCUT2D eigenvalue weighted by Gasteiger charge is -2.28. The fourth-order valence-corrected chi connectivity index (χ4v) is 9.37. The van der Waals surface area contributed by atoms with Crippen LogP contribution in [0.3, 0.4) is 0 Å². The van der Waals surface area contributed by atoms with Crippen molar-refractivity contribution in [2.45, 2.75) is 121 Å². The topological polar surface area (TPSA) is 83.8 Å². The molecule has 0 saturated heterocycles. The molecule has 5 nitrogen and oxygen atoms in total. The summed E-state index contributed by atoms with van der Waals surface area (Å²) in [5.74, 6) is 0.852. The molecule has 0 saturated carbocycles. The van der Waals surface area contributed by atoms with Gasteiger partial charge in [0.2, 0.25) is 0 Å². The lowest BCUT2D eigenvalue weighted by atomic mass is 9.95. The molecule has 2 N–H and O–H groups in total. The number of hydrogen-bond donors (Lipinski definition) is 2. The molecular weight excluding hydrogens is 535 g/mol. The molecule has 220 valence electrons. The van der Waals surface area contributed by atoms with Crippen molar-refractivity contribution in [2.24, 2.45) is 0 Å². The first-order valence-electron chi connectivity index (χ1n) is 14.8. The lowest BCUT2D eigenvalue weighted by Crippen LogP contribution is -2.25. The molecule has 8 heteroatoms. The molecule has 0 aliphatic carbocycles. The van der Waals surface area contributed by atoms with E-state index in [1.807, 2.05) is 36.9 Å². The molecule has 0 fully saturated rings. The highest BCUT2D eigenvalue weighted by Crippen LogP contribution is 2.45. The third-order valence-electron chi connectivity index (χ3n) is 6.73. The van der Waals surface area contributed by atoms with Gasteiger partial charge in [0.1, 0.15) is 5.25 Å². The molecule has 0 aromatic heterocycles. The minimum absolute atomic E-state index is 0.158. The number of rotatable bonds is 25. The van der Waals surface area contributed by atoms with E-state index in [4.69, 9.17) is 4.52 Å². The predicted molar refractivity (Wildman–Crippen MR) is 167 cm³/mol. The lowest BCUT2D eigenvalue weighted by molar-refractivity contribution is -0.136. The Balaban J connectivity index is 2.67. The van der Waals surface area contributed by atoms with Crippen molar-refractivity contribution in [1.29, 1.82) is 0 Å². The number of thioether (sulfide) groups is 2. The zero-order chi connectivity index (χ0) is 28.1. The Morgan fingerprint density at radius 2 is 1.47 bits per heavy atom. The number of benzene rings is 1. The van der Waals surface area contributed by atoms with E-state index in [-0.39, 0.29) is 18.7 Å². The van der Waals surface area contributed by atoms with Crippen molar-refractivity contribution >= 4 is 37.1 Å².